The first-order chi connectivity index (χ1) is 65.6. The Balaban J connectivity index is 0.000000102. The van der Waals surface area contributed by atoms with Crippen molar-refractivity contribution in [3.63, 3.8) is 0 Å². The molecule has 4 aromatic heterocycles. The molecule has 0 radical (unpaired) electrons. The summed E-state index contributed by atoms with van der Waals surface area (Å²) in [5.74, 6) is 4.33. The molecule has 16 nitrogen and oxygen atoms in total. The average molecular weight is 1710 g/mol. The minimum atomic E-state index is -0.0685. The molecule has 17 aromatic rings. The number of hydrogen-bond donors (Lipinski definition) is 0. The molecule has 3 aliphatic carbocycles. The van der Waals surface area contributed by atoms with Crippen LogP contribution >= 0.6 is 0 Å². The Morgan fingerprint density at radius 1 is 0.205 bits per heavy atom. The summed E-state index contributed by atoms with van der Waals surface area (Å²) in [6.45, 7) is 0. The first-order valence-corrected chi connectivity index (χ1v) is 44.4. The third-order valence-electron chi connectivity index (χ3n) is 23.3. The van der Waals surface area contributed by atoms with E-state index in [0.29, 0.717) is 0 Å². The molecule has 0 N–H and O–H groups in total. The van der Waals surface area contributed by atoms with Crippen LogP contribution in [-0.2, 0) is 0 Å². The highest BCUT2D eigenvalue weighted by molar-refractivity contribution is 6.07. The quantitative estimate of drug-likeness (QED) is 0.0970. The Morgan fingerprint density at radius 2 is 0.477 bits per heavy atom. The zero-order chi connectivity index (χ0) is 88.7. The third-order valence-corrected chi connectivity index (χ3v) is 23.3. The molecule has 8 atom stereocenters. The summed E-state index contributed by atoms with van der Waals surface area (Å²) < 4.78 is 4.20. The van der Waals surface area contributed by atoms with Crippen LogP contribution in [0.15, 0.2) is 536 Å². The first-order valence-electron chi connectivity index (χ1n) is 44.4. The summed E-state index contributed by atoms with van der Waals surface area (Å²) in [6.07, 6.45) is 31.0. The van der Waals surface area contributed by atoms with Gasteiger partial charge in [-0.1, -0.05) is 400 Å². The largest absolute Gasteiger partial charge is 0.334 e. The number of rotatable bonds is 15. The van der Waals surface area contributed by atoms with Crippen molar-refractivity contribution in [2.75, 3.05) is 19.6 Å². The van der Waals surface area contributed by atoms with E-state index >= 15 is 0 Å². The fraction of sp³-hybridized carbons (Fsp3) is 0.0690. The standard InChI is InChI=1S/C21H18N2.2C20H15N3.C19H16N2.2C18H15N3/c1-4-10-17(11-5-1)20-16-22-21(18-12-6-2-7-13-18)23(20)19-14-8-3-9-15-19;2*1-4-10-16(11-5-1)19-21-22-20(17-12-6-2-7-13-17)23(19)18-14-8-3-9-15-18;1-3-9-15(10-4-1)19-20-17-13-7-8-14-18(17)21(19)16-11-5-2-6-12-16;1-2-8-14(9-3-1)21-17-12-5-4-10-15(17)20-18(21)16-11-6-7-13-19-16;1-2-8-14(9-3-1)18-20-15-10-4-5-11-16(15)21(18)17-12-6-7-13-19-17/h1-16,20-21H;2*1-15H;1-14,18-19H;1-13,17-18H;1-13,16,18H. The topological polar surface area (TPSA) is 150 Å². The maximum Gasteiger partial charge on any atom is 0.168 e. The van der Waals surface area contributed by atoms with Crippen molar-refractivity contribution in [3.8, 4) is 56.9 Å². The molecule has 13 aromatic carbocycles. The molecule has 4 aliphatic heterocycles. The highest BCUT2D eigenvalue weighted by Gasteiger charge is 2.40. The summed E-state index contributed by atoms with van der Waals surface area (Å²) in [5.41, 5.74) is 19.0. The van der Waals surface area contributed by atoms with Crippen LogP contribution in [0.1, 0.15) is 58.7 Å². The maximum atomic E-state index is 4.94. The molecule has 8 heterocycles. The molecule has 0 bridgehead atoms. The molecule has 0 fully saturated rings. The molecule has 638 valence electrons. The van der Waals surface area contributed by atoms with E-state index < -0.39 is 0 Å². The lowest BCUT2D eigenvalue weighted by Crippen LogP contribution is -2.36. The number of allylic oxidation sites excluding steroid dienone is 6. The maximum absolute atomic E-state index is 4.94. The molecule has 8 unspecified atom stereocenters. The van der Waals surface area contributed by atoms with Gasteiger partial charge in [0.25, 0.3) is 0 Å². The van der Waals surface area contributed by atoms with Crippen LogP contribution in [0, 0.1) is 0 Å². The van der Waals surface area contributed by atoms with Gasteiger partial charge in [0.2, 0.25) is 0 Å². The van der Waals surface area contributed by atoms with Crippen LogP contribution in [-0.4, -0.2) is 81.0 Å². The number of nitrogens with zero attached hydrogens (tertiary/aromatic N) is 16. The smallest absolute Gasteiger partial charge is 0.168 e. The second-order valence-corrected chi connectivity index (χ2v) is 31.7. The summed E-state index contributed by atoms with van der Waals surface area (Å²) >= 11 is 0. The van der Waals surface area contributed by atoms with Gasteiger partial charge in [-0.25, -0.2) is 4.98 Å². The Morgan fingerprint density at radius 3 is 0.818 bits per heavy atom. The normalized spacial score (nSPS) is 18.2. The van der Waals surface area contributed by atoms with E-state index in [1.165, 1.54) is 33.6 Å². The van der Waals surface area contributed by atoms with Crippen LogP contribution in [0.2, 0.25) is 0 Å². The van der Waals surface area contributed by atoms with E-state index in [1.807, 2.05) is 194 Å². The van der Waals surface area contributed by atoms with Crippen molar-refractivity contribution < 1.29 is 0 Å². The molecular weight excluding hydrogens is 1620 g/mol. The minimum Gasteiger partial charge on any atom is -0.334 e. The molecule has 7 aliphatic rings. The SMILES string of the molecule is C1=CC2=NC(c3ccccc3)N(c3ccccc3)C2C=C1.C1=CC2=NC(c3ccccc3)N(c3ccccn3)C2C=C1.C1=CC2=NC(c3ccccn3)N(c3ccccc3)C2C=C1.C1=NC(c2ccccc2)N(c2ccccc2)C1c1ccccc1.c1ccc(-c2nnc(-c3ccccc3)n2-c2ccccc2)cc1.c1ccc(-c2nnc(-c3ccccc3)n2-c2ccccc2)cc1. The number of benzene rings is 13. The second-order valence-electron chi connectivity index (χ2n) is 31.7. The molecular formula is C116H94N16. The molecule has 0 saturated heterocycles. The number of anilines is 4. The Labute approximate surface area is 770 Å². The first kappa shape index (κ1) is 84.3. The molecule has 0 amide bonds. The van der Waals surface area contributed by atoms with Gasteiger partial charge >= 0.3 is 0 Å². The van der Waals surface area contributed by atoms with Gasteiger partial charge in [0.15, 0.2) is 29.5 Å². The van der Waals surface area contributed by atoms with Crippen molar-refractivity contribution in [2.45, 2.75) is 48.8 Å². The summed E-state index contributed by atoms with van der Waals surface area (Å²) in [4.78, 5) is 37.9. The van der Waals surface area contributed by atoms with Crippen LogP contribution in [0.5, 0.6) is 0 Å². The lowest BCUT2D eigenvalue weighted by atomic mass is 10.0. The van der Waals surface area contributed by atoms with E-state index in [9.17, 15) is 0 Å². The van der Waals surface area contributed by atoms with E-state index in [1.54, 1.807) is 0 Å². The number of pyridine rings is 2. The molecule has 132 heavy (non-hydrogen) atoms. The van der Waals surface area contributed by atoms with Gasteiger partial charge in [0.1, 0.15) is 24.3 Å². The van der Waals surface area contributed by atoms with Gasteiger partial charge in [-0.2, -0.15) is 0 Å². The number of aromatic nitrogens is 8. The van der Waals surface area contributed by atoms with E-state index in [-0.39, 0.29) is 48.8 Å². The van der Waals surface area contributed by atoms with E-state index in [4.69, 9.17) is 20.0 Å². The molecule has 0 saturated carbocycles. The summed E-state index contributed by atoms with van der Waals surface area (Å²) in [7, 11) is 0. The number of fused-ring (bicyclic) bond motifs is 3. The van der Waals surface area contributed by atoms with Crippen LogP contribution in [0.4, 0.5) is 22.9 Å². The fourth-order valence-corrected chi connectivity index (χ4v) is 17.2. The van der Waals surface area contributed by atoms with Crippen LogP contribution < -0.4 is 19.6 Å². The molecule has 24 rings (SSSR count). The van der Waals surface area contributed by atoms with Crippen molar-refractivity contribution in [1.29, 1.82) is 0 Å². The Bertz CT molecular complexity index is 6270. The zero-order valence-corrected chi connectivity index (χ0v) is 72.4. The monoisotopic (exact) mass is 1710 g/mol. The summed E-state index contributed by atoms with van der Waals surface area (Å²) in [6, 6.07) is 147. The highest BCUT2D eigenvalue weighted by Crippen LogP contribution is 2.43. The van der Waals surface area contributed by atoms with Gasteiger partial charge in [0, 0.05) is 69.3 Å². The van der Waals surface area contributed by atoms with Crippen molar-refractivity contribution in [1.82, 2.24) is 39.5 Å². The zero-order valence-electron chi connectivity index (χ0n) is 72.4. The minimum absolute atomic E-state index is 0.0174. The summed E-state index contributed by atoms with van der Waals surface area (Å²) in [5, 5.41) is 17.8. The molecule has 0 spiro atoms. The predicted octanol–water partition coefficient (Wildman–Crippen LogP) is 25.4. The van der Waals surface area contributed by atoms with E-state index in [2.05, 4.69) is 387 Å². The van der Waals surface area contributed by atoms with Gasteiger partial charge in [-0.05, 0) is 125 Å². The number of hydrogen-bond acceptors (Lipinski definition) is 14. The van der Waals surface area contributed by atoms with Crippen LogP contribution in [0.3, 0.4) is 0 Å². The van der Waals surface area contributed by atoms with E-state index in [0.717, 1.165) is 91.3 Å². The lowest BCUT2D eigenvalue weighted by molar-refractivity contribution is 0.670. The Kier molecular flexibility index (Phi) is 26.5. The highest BCUT2D eigenvalue weighted by atomic mass is 15.4. The second kappa shape index (κ2) is 41.5. The van der Waals surface area contributed by atoms with Gasteiger partial charge < -0.3 is 19.6 Å². The van der Waals surface area contributed by atoms with Gasteiger partial charge in [-0.15, -0.1) is 20.4 Å². The molecule has 16 heteroatoms. The van der Waals surface area contributed by atoms with Crippen LogP contribution in [0.25, 0.3) is 56.9 Å². The van der Waals surface area contributed by atoms with Crippen molar-refractivity contribution in [3.05, 3.63) is 544 Å². The van der Waals surface area contributed by atoms with Crippen molar-refractivity contribution in [2.24, 2.45) is 20.0 Å². The van der Waals surface area contributed by atoms with Crippen molar-refractivity contribution >= 4 is 46.2 Å². The number of para-hydroxylation sites is 5. The lowest BCUT2D eigenvalue weighted by Gasteiger charge is -2.31. The fourth-order valence-electron chi connectivity index (χ4n) is 17.2. The number of aliphatic imine (C=N–C) groups is 4. The predicted molar refractivity (Wildman–Crippen MR) is 539 cm³/mol. The Hall–Kier alpha value is -17.2. The third kappa shape index (κ3) is 19.2. The van der Waals surface area contributed by atoms with Gasteiger partial charge in [0.05, 0.1) is 47.0 Å². The van der Waals surface area contributed by atoms with Gasteiger partial charge in [-0.3, -0.25) is 34.1 Å². The average Bonchev–Trinajstić information content (AvgIpc) is 1.62.